The first-order valence-corrected chi connectivity index (χ1v) is 5.41. The largest absolute Gasteiger partial charge is 0.508 e. The van der Waals surface area contributed by atoms with Gasteiger partial charge in [-0.2, -0.15) is 0 Å². The smallest absolute Gasteiger partial charge is 0.165 e. The van der Waals surface area contributed by atoms with E-state index >= 15 is 0 Å². The van der Waals surface area contributed by atoms with E-state index in [1.807, 2.05) is 0 Å². The Balaban J connectivity index is 2.10. The number of aromatic hydroxyl groups is 1. The predicted molar refractivity (Wildman–Crippen MR) is 61.2 cm³/mol. The Bertz CT molecular complexity index is 367. The van der Waals surface area contributed by atoms with Gasteiger partial charge in [-0.1, -0.05) is 0 Å². The number of benzene rings is 1. The number of hydrogen-bond acceptors (Lipinski definition) is 4. The van der Waals surface area contributed by atoms with E-state index in [0.717, 1.165) is 19.5 Å². The minimum Gasteiger partial charge on any atom is -0.508 e. The van der Waals surface area contributed by atoms with Crippen molar-refractivity contribution >= 4 is 0 Å². The summed E-state index contributed by atoms with van der Waals surface area (Å²) in [6.07, 6.45) is 1.19. The van der Waals surface area contributed by atoms with Gasteiger partial charge in [-0.3, -0.25) is 0 Å². The van der Waals surface area contributed by atoms with Gasteiger partial charge < -0.3 is 19.5 Å². The average Bonchev–Trinajstić information content (AvgIpc) is 2.64. The number of nitrogens with zero attached hydrogens (tertiary/aromatic N) is 1. The molecule has 4 heteroatoms. The number of hydrogen-bond donors (Lipinski definition) is 1. The van der Waals surface area contributed by atoms with Crippen molar-refractivity contribution in [2.45, 2.75) is 12.5 Å². The molecule has 0 amide bonds. The molecule has 0 aromatic heterocycles. The van der Waals surface area contributed by atoms with E-state index in [-0.39, 0.29) is 11.9 Å². The highest BCUT2D eigenvalue weighted by Crippen LogP contribution is 2.32. The molecule has 1 saturated heterocycles. The van der Waals surface area contributed by atoms with Crippen LogP contribution in [0.2, 0.25) is 0 Å². The minimum atomic E-state index is 0.181. The zero-order chi connectivity index (χ0) is 11.5. The summed E-state index contributed by atoms with van der Waals surface area (Å²) in [6, 6.07) is 4.90. The summed E-state index contributed by atoms with van der Waals surface area (Å²) in [5, 5.41) is 9.41. The van der Waals surface area contributed by atoms with E-state index in [0.29, 0.717) is 11.5 Å². The minimum absolute atomic E-state index is 0.181. The van der Waals surface area contributed by atoms with Crippen molar-refractivity contribution in [3.8, 4) is 17.2 Å². The Morgan fingerprint density at radius 3 is 2.81 bits per heavy atom. The molecule has 2 rings (SSSR count). The molecule has 1 aromatic rings. The van der Waals surface area contributed by atoms with E-state index in [1.165, 1.54) is 0 Å². The van der Waals surface area contributed by atoms with Crippen molar-refractivity contribution in [3.63, 3.8) is 0 Å². The summed E-state index contributed by atoms with van der Waals surface area (Å²) in [5.41, 5.74) is 0. The highest BCUT2D eigenvalue weighted by molar-refractivity contribution is 5.45. The highest BCUT2D eigenvalue weighted by Gasteiger charge is 2.22. The second kappa shape index (κ2) is 4.61. The van der Waals surface area contributed by atoms with Gasteiger partial charge in [0.15, 0.2) is 11.5 Å². The monoisotopic (exact) mass is 223 g/mol. The van der Waals surface area contributed by atoms with E-state index in [1.54, 1.807) is 25.3 Å². The maximum atomic E-state index is 9.41. The fourth-order valence-electron chi connectivity index (χ4n) is 1.93. The Labute approximate surface area is 95.4 Å². The van der Waals surface area contributed by atoms with Gasteiger partial charge in [-0.05, 0) is 25.6 Å². The number of phenolic OH excluding ortho intramolecular Hbond substituents is 1. The lowest BCUT2D eigenvalue weighted by Crippen LogP contribution is -2.21. The van der Waals surface area contributed by atoms with Crippen molar-refractivity contribution in [1.29, 1.82) is 0 Å². The summed E-state index contributed by atoms with van der Waals surface area (Å²) < 4.78 is 11.0. The van der Waals surface area contributed by atoms with E-state index < -0.39 is 0 Å². The Kier molecular flexibility index (Phi) is 3.19. The molecule has 1 atom stereocenters. The van der Waals surface area contributed by atoms with Gasteiger partial charge in [0.25, 0.3) is 0 Å². The maximum Gasteiger partial charge on any atom is 0.165 e. The number of ether oxygens (including phenoxy) is 2. The number of phenols is 1. The third kappa shape index (κ3) is 2.39. The van der Waals surface area contributed by atoms with Crippen LogP contribution in [-0.2, 0) is 0 Å². The first-order chi connectivity index (χ1) is 7.69. The summed E-state index contributed by atoms with van der Waals surface area (Å²) in [7, 11) is 3.67. The fourth-order valence-corrected chi connectivity index (χ4v) is 1.93. The molecule has 1 unspecified atom stereocenters. The zero-order valence-electron chi connectivity index (χ0n) is 9.64. The van der Waals surface area contributed by atoms with Gasteiger partial charge in [0.1, 0.15) is 11.9 Å². The summed E-state index contributed by atoms with van der Waals surface area (Å²) in [4.78, 5) is 2.22. The second-order valence-corrected chi connectivity index (χ2v) is 4.13. The van der Waals surface area contributed by atoms with Crippen LogP contribution < -0.4 is 9.47 Å². The number of likely N-dealkylation sites (N-methyl/N-ethyl adjacent to an activating group) is 1. The molecule has 1 aliphatic rings. The quantitative estimate of drug-likeness (QED) is 0.843. The van der Waals surface area contributed by atoms with Gasteiger partial charge in [-0.15, -0.1) is 0 Å². The summed E-state index contributed by atoms with van der Waals surface area (Å²) in [6.45, 7) is 1.96. The molecule has 1 N–H and O–H groups in total. The predicted octanol–water partition coefficient (Wildman–Crippen LogP) is 1.48. The third-order valence-electron chi connectivity index (χ3n) is 2.79. The van der Waals surface area contributed by atoms with Crippen molar-refractivity contribution in [3.05, 3.63) is 18.2 Å². The molecule has 1 heterocycles. The summed E-state index contributed by atoms with van der Waals surface area (Å²) in [5.74, 6) is 1.47. The molecule has 1 aliphatic heterocycles. The third-order valence-corrected chi connectivity index (χ3v) is 2.79. The van der Waals surface area contributed by atoms with E-state index in [9.17, 15) is 5.11 Å². The van der Waals surface area contributed by atoms with Gasteiger partial charge in [0.05, 0.1) is 7.11 Å². The first kappa shape index (κ1) is 11.1. The standard InChI is InChI=1S/C12H17NO3/c1-13-6-5-10(8-13)16-12-7-9(14)3-4-11(12)15-2/h3-4,7,10,14H,5-6,8H2,1-2H3. The molecule has 1 aromatic carbocycles. The van der Waals surface area contributed by atoms with Gasteiger partial charge in [0.2, 0.25) is 0 Å². The molecule has 0 saturated carbocycles. The average molecular weight is 223 g/mol. The van der Waals surface area contributed by atoms with Crippen LogP contribution >= 0.6 is 0 Å². The molecular weight excluding hydrogens is 206 g/mol. The van der Waals surface area contributed by atoms with Gasteiger partial charge >= 0.3 is 0 Å². The molecule has 0 bridgehead atoms. The van der Waals surface area contributed by atoms with E-state index in [4.69, 9.17) is 9.47 Å². The van der Waals surface area contributed by atoms with E-state index in [2.05, 4.69) is 11.9 Å². The fraction of sp³-hybridized carbons (Fsp3) is 0.500. The van der Waals surface area contributed by atoms with Gasteiger partial charge in [-0.25, -0.2) is 0 Å². The molecular formula is C12H17NO3. The Morgan fingerprint density at radius 2 is 2.19 bits per heavy atom. The van der Waals surface area contributed by atoms with Crippen LogP contribution in [0.15, 0.2) is 18.2 Å². The molecule has 0 spiro atoms. The van der Waals surface area contributed by atoms with Crippen LogP contribution in [0.5, 0.6) is 17.2 Å². The van der Waals surface area contributed by atoms with Crippen molar-refractivity contribution in [2.24, 2.45) is 0 Å². The van der Waals surface area contributed by atoms with Crippen molar-refractivity contribution < 1.29 is 14.6 Å². The Morgan fingerprint density at radius 1 is 1.38 bits per heavy atom. The lowest BCUT2D eigenvalue weighted by atomic mass is 10.2. The molecule has 4 nitrogen and oxygen atoms in total. The first-order valence-electron chi connectivity index (χ1n) is 5.41. The molecule has 0 aliphatic carbocycles. The van der Waals surface area contributed by atoms with Crippen LogP contribution in [0, 0.1) is 0 Å². The SMILES string of the molecule is COc1ccc(O)cc1OC1CCN(C)C1. The number of rotatable bonds is 3. The maximum absolute atomic E-state index is 9.41. The van der Waals surface area contributed by atoms with Crippen LogP contribution in [0.25, 0.3) is 0 Å². The van der Waals surface area contributed by atoms with Crippen molar-refractivity contribution in [2.75, 3.05) is 27.2 Å². The second-order valence-electron chi connectivity index (χ2n) is 4.13. The van der Waals surface area contributed by atoms with Crippen molar-refractivity contribution in [1.82, 2.24) is 4.90 Å². The van der Waals surface area contributed by atoms with Gasteiger partial charge in [0, 0.05) is 19.2 Å². The lowest BCUT2D eigenvalue weighted by Gasteiger charge is -2.16. The molecule has 0 radical (unpaired) electrons. The topological polar surface area (TPSA) is 41.9 Å². The highest BCUT2D eigenvalue weighted by atomic mass is 16.5. The molecule has 1 fully saturated rings. The van der Waals surface area contributed by atoms with Crippen LogP contribution in [0.4, 0.5) is 0 Å². The number of likely N-dealkylation sites (tertiary alicyclic amines) is 1. The lowest BCUT2D eigenvalue weighted by molar-refractivity contribution is 0.199. The zero-order valence-corrected chi connectivity index (χ0v) is 9.64. The summed E-state index contributed by atoms with van der Waals surface area (Å²) >= 11 is 0. The number of methoxy groups -OCH3 is 1. The van der Waals surface area contributed by atoms with Crippen LogP contribution in [0.3, 0.4) is 0 Å². The van der Waals surface area contributed by atoms with Crippen LogP contribution in [-0.4, -0.2) is 43.4 Å². The molecule has 88 valence electrons. The Hall–Kier alpha value is -1.42. The molecule has 16 heavy (non-hydrogen) atoms. The normalized spacial score (nSPS) is 21.0. The van der Waals surface area contributed by atoms with Crippen LogP contribution in [0.1, 0.15) is 6.42 Å².